The van der Waals surface area contributed by atoms with Crippen LogP contribution in [0.1, 0.15) is 35.3 Å². The van der Waals surface area contributed by atoms with Gasteiger partial charge in [0, 0.05) is 30.2 Å². The second-order valence-corrected chi connectivity index (χ2v) is 6.44. The SMILES string of the molecule is CCN(CC)C(CNCc1cnc(C)s1)c1ccccc1. The van der Waals surface area contributed by atoms with Gasteiger partial charge in [-0.1, -0.05) is 44.2 Å². The van der Waals surface area contributed by atoms with Crippen LogP contribution in [0.2, 0.25) is 0 Å². The summed E-state index contributed by atoms with van der Waals surface area (Å²) in [4.78, 5) is 8.11. The molecule has 4 heteroatoms. The summed E-state index contributed by atoms with van der Waals surface area (Å²) >= 11 is 1.77. The van der Waals surface area contributed by atoms with Crippen LogP contribution in [0.25, 0.3) is 0 Å². The molecular formula is C17H25N3S. The Bertz CT molecular complexity index is 520. The fraction of sp³-hybridized carbons (Fsp3) is 0.471. The smallest absolute Gasteiger partial charge is 0.0897 e. The Morgan fingerprint density at radius 2 is 1.90 bits per heavy atom. The molecule has 0 amide bonds. The van der Waals surface area contributed by atoms with Crippen LogP contribution >= 0.6 is 11.3 Å². The molecule has 0 aliphatic carbocycles. The van der Waals surface area contributed by atoms with Crippen molar-refractivity contribution in [2.24, 2.45) is 0 Å². The van der Waals surface area contributed by atoms with E-state index in [4.69, 9.17) is 0 Å². The van der Waals surface area contributed by atoms with Crippen molar-refractivity contribution >= 4 is 11.3 Å². The highest BCUT2D eigenvalue weighted by Gasteiger charge is 2.17. The zero-order chi connectivity index (χ0) is 15.1. The Kier molecular flexibility index (Phi) is 6.36. The number of thiazole rings is 1. The van der Waals surface area contributed by atoms with Crippen LogP contribution < -0.4 is 5.32 Å². The van der Waals surface area contributed by atoms with Crippen molar-refractivity contribution in [1.29, 1.82) is 0 Å². The van der Waals surface area contributed by atoms with Crippen molar-refractivity contribution in [3.8, 4) is 0 Å². The molecule has 1 unspecified atom stereocenters. The lowest BCUT2D eigenvalue weighted by Crippen LogP contribution is -2.35. The topological polar surface area (TPSA) is 28.2 Å². The fourth-order valence-corrected chi connectivity index (χ4v) is 3.38. The van der Waals surface area contributed by atoms with Gasteiger partial charge in [0.25, 0.3) is 0 Å². The standard InChI is InChI=1S/C17H25N3S/c1-4-20(5-2)17(15-9-7-6-8-10-15)13-18-11-16-12-19-14(3)21-16/h6-10,12,17-18H,4-5,11,13H2,1-3H3. The van der Waals surface area contributed by atoms with E-state index in [1.165, 1.54) is 10.4 Å². The molecule has 3 nitrogen and oxygen atoms in total. The van der Waals surface area contributed by atoms with E-state index < -0.39 is 0 Å². The second-order valence-electron chi connectivity index (χ2n) is 5.12. The van der Waals surface area contributed by atoms with Crippen LogP contribution in [0, 0.1) is 6.92 Å². The number of likely N-dealkylation sites (N-methyl/N-ethyl adjacent to an activating group) is 1. The van der Waals surface area contributed by atoms with Crippen molar-refractivity contribution in [3.63, 3.8) is 0 Å². The van der Waals surface area contributed by atoms with Gasteiger partial charge in [0.15, 0.2) is 0 Å². The average molecular weight is 303 g/mol. The van der Waals surface area contributed by atoms with Gasteiger partial charge in [0.1, 0.15) is 0 Å². The number of nitrogens with zero attached hydrogens (tertiary/aromatic N) is 2. The van der Waals surface area contributed by atoms with Crippen molar-refractivity contribution < 1.29 is 0 Å². The number of rotatable bonds is 8. The van der Waals surface area contributed by atoms with Crippen molar-refractivity contribution in [2.75, 3.05) is 19.6 Å². The van der Waals surface area contributed by atoms with Crippen LogP contribution in [-0.2, 0) is 6.54 Å². The molecular weight excluding hydrogens is 278 g/mol. The van der Waals surface area contributed by atoms with Crippen LogP contribution in [-0.4, -0.2) is 29.5 Å². The molecule has 21 heavy (non-hydrogen) atoms. The average Bonchev–Trinajstić information content (AvgIpc) is 2.93. The van der Waals surface area contributed by atoms with Gasteiger partial charge in [-0.15, -0.1) is 11.3 Å². The Morgan fingerprint density at radius 3 is 2.48 bits per heavy atom. The summed E-state index contributed by atoms with van der Waals surface area (Å²) in [6.07, 6.45) is 1.97. The highest BCUT2D eigenvalue weighted by Crippen LogP contribution is 2.20. The molecule has 0 saturated carbocycles. The van der Waals surface area contributed by atoms with Crippen LogP contribution in [0.4, 0.5) is 0 Å². The third-order valence-electron chi connectivity index (χ3n) is 3.74. The third kappa shape index (κ3) is 4.63. The third-order valence-corrected chi connectivity index (χ3v) is 4.66. The first-order valence-electron chi connectivity index (χ1n) is 7.65. The van der Waals surface area contributed by atoms with Gasteiger partial charge >= 0.3 is 0 Å². The maximum Gasteiger partial charge on any atom is 0.0897 e. The quantitative estimate of drug-likeness (QED) is 0.807. The number of nitrogens with one attached hydrogen (secondary N) is 1. The summed E-state index contributed by atoms with van der Waals surface area (Å²) in [6, 6.07) is 11.2. The monoisotopic (exact) mass is 303 g/mol. The van der Waals surface area contributed by atoms with Crippen LogP contribution in [0.3, 0.4) is 0 Å². The largest absolute Gasteiger partial charge is 0.310 e. The molecule has 114 valence electrons. The lowest BCUT2D eigenvalue weighted by Gasteiger charge is -2.30. The van der Waals surface area contributed by atoms with Crippen LogP contribution in [0.5, 0.6) is 0 Å². The number of hydrogen-bond acceptors (Lipinski definition) is 4. The van der Waals surface area contributed by atoms with Gasteiger partial charge in [0.2, 0.25) is 0 Å². The molecule has 0 bridgehead atoms. The Balaban J connectivity index is 1.99. The molecule has 1 aromatic heterocycles. The molecule has 0 spiro atoms. The van der Waals surface area contributed by atoms with Gasteiger partial charge in [-0.05, 0) is 25.6 Å². The van der Waals surface area contributed by atoms with E-state index in [0.717, 1.165) is 31.2 Å². The number of aryl methyl sites for hydroxylation is 1. The number of hydrogen-bond donors (Lipinski definition) is 1. The van der Waals surface area contributed by atoms with E-state index in [1.807, 2.05) is 6.20 Å². The highest BCUT2D eigenvalue weighted by atomic mass is 32.1. The molecule has 1 heterocycles. The van der Waals surface area contributed by atoms with E-state index in [1.54, 1.807) is 11.3 Å². The minimum absolute atomic E-state index is 0.426. The Labute approximate surface area is 132 Å². The molecule has 1 N–H and O–H groups in total. The number of benzene rings is 1. The summed E-state index contributed by atoms with van der Waals surface area (Å²) in [5, 5.41) is 4.73. The molecule has 0 saturated heterocycles. The Morgan fingerprint density at radius 1 is 1.19 bits per heavy atom. The molecule has 0 fully saturated rings. The lowest BCUT2D eigenvalue weighted by molar-refractivity contribution is 0.213. The van der Waals surface area contributed by atoms with E-state index in [9.17, 15) is 0 Å². The Hall–Kier alpha value is -1.23. The summed E-state index contributed by atoms with van der Waals surface area (Å²) in [5.74, 6) is 0. The van der Waals surface area contributed by atoms with Crippen molar-refractivity contribution in [1.82, 2.24) is 15.2 Å². The zero-order valence-corrected chi connectivity index (χ0v) is 14.0. The first-order chi connectivity index (χ1) is 10.2. The summed E-state index contributed by atoms with van der Waals surface area (Å²) in [5.41, 5.74) is 1.38. The molecule has 0 aliphatic rings. The summed E-state index contributed by atoms with van der Waals surface area (Å²) in [6.45, 7) is 10.5. The van der Waals surface area contributed by atoms with Gasteiger partial charge in [-0.2, -0.15) is 0 Å². The molecule has 2 rings (SSSR count). The molecule has 0 radical (unpaired) electrons. The first kappa shape index (κ1) is 16.1. The molecule has 1 aromatic carbocycles. The predicted octanol–water partition coefficient (Wildman–Crippen LogP) is 3.62. The van der Waals surface area contributed by atoms with Gasteiger partial charge in [-0.3, -0.25) is 4.90 Å². The maximum absolute atomic E-state index is 4.31. The normalized spacial score (nSPS) is 12.8. The lowest BCUT2D eigenvalue weighted by atomic mass is 10.1. The van der Waals surface area contributed by atoms with Crippen molar-refractivity contribution in [3.05, 3.63) is 52.0 Å². The first-order valence-corrected chi connectivity index (χ1v) is 8.47. The highest BCUT2D eigenvalue weighted by molar-refractivity contribution is 7.11. The van der Waals surface area contributed by atoms with E-state index in [0.29, 0.717) is 6.04 Å². The summed E-state index contributed by atoms with van der Waals surface area (Å²) < 4.78 is 0. The maximum atomic E-state index is 4.31. The van der Waals surface area contributed by atoms with E-state index in [-0.39, 0.29) is 0 Å². The van der Waals surface area contributed by atoms with E-state index in [2.05, 4.69) is 66.3 Å². The van der Waals surface area contributed by atoms with Gasteiger partial charge in [-0.25, -0.2) is 4.98 Å². The zero-order valence-electron chi connectivity index (χ0n) is 13.2. The summed E-state index contributed by atoms with van der Waals surface area (Å²) in [7, 11) is 0. The molecule has 0 aliphatic heterocycles. The van der Waals surface area contributed by atoms with Crippen molar-refractivity contribution in [2.45, 2.75) is 33.4 Å². The second kappa shape index (κ2) is 8.27. The van der Waals surface area contributed by atoms with Crippen LogP contribution in [0.15, 0.2) is 36.5 Å². The van der Waals surface area contributed by atoms with E-state index >= 15 is 0 Å². The van der Waals surface area contributed by atoms with Gasteiger partial charge < -0.3 is 5.32 Å². The minimum Gasteiger partial charge on any atom is -0.310 e. The van der Waals surface area contributed by atoms with Gasteiger partial charge in [0.05, 0.1) is 5.01 Å². The molecule has 2 aromatic rings. The minimum atomic E-state index is 0.426. The molecule has 1 atom stereocenters. The number of aromatic nitrogens is 1. The fourth-order valence-electron chi connectivity index (χ4n) is 2.62. The predicted molar refractivity (Wildman–Crippen MR) is 90.7 cm³/mol.